The molecule has 0 fully saturated rings. The molecule has 0 bridgehead atoms. The number of nitrogens with one attached hydrogen (secondary N) is 2. The first-order valence-electron chi connectivity index (χ1n) is 8.81. The Morgan fingerprint density at radius 2 is 2.04 bits per heavy atom. The van der Waals surface area contributed by atoms with E-state index in [0.29, 0.717) is 12.5 Å². The molecule has 5 heteroatoms. The smallest absolute Gasteiger partial charge is 0.407 e. The molecule has 0 radical (unpaired) electrons. The number of carbonyl (C=O) groups excluding carboxylic acids is 2. The number of carbonyl (C=O) groups is 2. The van der Waals surface area contributed by atoms with Crippen LogP contribution < -0.4 is 10.6 Å². The maximum absolute atomic E-state index is 12.5. The molecule has 2 unspecified atom stereocenters. The average molecular weight is 332 g/mol. The van der Waals surface area contributed by atoms with Crippen molar-refractivity contribution in [2.24, 2.45) is 5.92 Å². The Bertz CT molecular complexity index is 571. The van der Waals surface area contributed by atoms with Crippen LogP contribution in [0, 0.1) is 5.92 Å². The van der Waals surface area contributed by atoms with Gasteiger partial charge in [0, 0.05) is 12.5 Å². The highest BCUT2D eigenvalue weighted by Crippen LogP contribution is 2.30. The lowest BCUT2D eigenvalue weighted by Crippen LogP contribution is -2.50. The molecule has 2 N–H and O–H groups in total. The number of ether oxygens (including phenoxy) is 1. The second kappa shape index (κ2) is 8.71. The van der Waals surface area contributed by atoms with Gasteiger partial charge in [0.1, 0.15) is 6.04 Å². The summed E-state index contributed by atoms with van der Waals surface area (Å²) in [5.41, 5.74) is 2.72. The van der Waals surface area contributed by atoms with Crippen molar-refractivity contribution in [1.82, 2.24) is 10.6 Å². The first kappa shape index (κ1) is 18.3. The van der Waals surface area contributed by atoms with Gasteiger partial charge in [0.15, 0.2) is 0 Å². The Morgan fingerprint density at radius 3 is 2.75 bits per heavy atom. The molecule has 2 amide bonds. The van der Waals surface area contributed by atoms with Crippen LogP contribution in [0.3, 0.4) is 0 Å². The largest absolute Gasteiger partial charge is 0.450 e. The van der Waals surface area contributed by atoms with Crippen LogP contribution in [0.4, 0.5) is 4.79 Å². The van der Waals surface area contributed by atoms with Crippen molar-refractivity contribution in [2.45, 2.75) is 52.0 Å². The van der Waals surface area contributed by atoms with Crippen molar-refractivity contribution in [2.75, 3.05) is 13.2 Å². The van der Waals surface area contributed by atoms with E-state index in [2.05, 4.69) is 34.9 Å². The van der Waals surface area contributed by atoms with Crippen LogP contribution in [0.1, 0.15) is 50.7 Å². The van der Waals surface area contributed by atoms with Gasteiger partial charge in [-0.15, -0.1) is 0 Å². The van der Waals surface area contributed by atoms with Gasteiger partial charge in [-0.3, -0.25) is 4.79 Å². The molecule has 1 aliphatic rings. The van der Waals surface area contributed by atoms with Gasteiger partial charge in [-0.1, -0.05) is 38.1 Å². The van der Waals surface area contributed by atoms with Crippen LogP contribution in [-0.2, 0) is 16.0 Å². The van der Waals surface area contributed by atoms with Gasteiger partial charge in [0.2, 0.25) is 5.91 Å². The van der Waals surface area contributed by atoms with Crippen molar-refractivity contribution in [3.63, 3.8) is 0 Å². The molecule has 0 heterocycles. The van der Waals surface area contributed by atoms with Gasteiger partial charge >= 0.3 is 6.09 Å². The van der Waals surface area contributed by atoms with Crippen LogP contribution >= 0.6 is 0 Å². The zero-order valence-corrected chi connectivity index (χ0v) is 14.8. The Balaban J connectivity index is 1.95. The molecule has 1 aliphatic carbocycles. The third-order valence-electron chi connectivity index (χ3n) is 4.51. The number of hydrogen-bond donors (Lipinski definition) is 2. The molecule has 0 saturated heterocycles. The van der Waals surface area contributed by atoms with Crippen LogP contribution in [0.5, 0.6) is 0 Å². The van der Waals surface area contributed by atoms with Gasteiger partial charge in [-0.25, -0.2) is 4.79 Å². The van der Waals surface area contributed by atoms with Gasteiger partial charge in [-0.2, -0.15) is 0 Å². The lowest BCUT2D eigenvalue weighted by molar-refractivity contribution is -0.124. The molecule has 24 heavy (non-hydrogen) atoms. The summed E-state index contributed by atoms with van der Waals surface area (Å²) in [5.74, 6) is 0.184. The number of alkyl carbamates (subject to hydrolysis) is 1. The number of rotatable bonds is 6. The minimum Gasteiger partial charge on any atom is -0.450 e. The highest BCUT2D eigenvalue weighted by molar-refractivity contribution is 5.85. The van der Waals surface area contributed by atoms with Crippen molar-refractivity contribution < 1.29 is 14.3 Å². The van der Waals surface area contributed by atoms with E-state index in [0.717, 1.165) is 19.3 Å². The summed E-state index contributed by atoms with van der Waals surface area (Å²) in [6.45, 7) is 6.45. The second-order valence-corrected chi connectivity index (χ2v) is 6.62. The summed E-state index contributed by atoms with van der Waals surface area (Å²) >= 11 is 0. The maximum Gasteiger partial charge on any atom is 0.407 e. The fourth-order valence-corrected chi connectivity index (χ4v) is 3.24. The SMILES string of the molecule is CCOC(=O)NC(C(=O)NCC1CCCc2ccccc21)C(C)C. The Hall–Kier alpha value is -2.04. The molecule has 0 spiro atoms. The third-order valence-corrected chi connectivity index (χ3v) is 4.51. The molecular formula is C19H28N2O3. The van der Waals surface area contributed by atoms with Crippen molar-refractivity contribution >= 4 is 12.0 Å². The van der Waals surface area contributed by atoms with Crippen LogP contribution in [0.2, 0.25) is 0 Å². The predicted molar refractivity (Wildman–Crippen MR) is 93.9 cm³/mol. The number of amides is 2. The highest BCUT2D eigenvalue weighted by atomic mass is 16.5. The van der Waals surface area contributed by atoms with E-state index >= 15 is 0 Å². The zero-order chi connectivity index (χ0) is 17.5. The fourth-order valence-electron chi connectivity index (χ4n) is 3.24. The molecular weight excluding hydrogens is 304 g/mol. The van der Waals surface area contributed by atoms with E-state index in [1.807, 2.05) is 13.8 Å². The van der Waals surface area contributed by atoms with E-state index < -0.39 is 12.1 Å². The number of fused-ring (bicyclic) bond motifs is 1. The second-order valence-electron chi connectivity index (χ2n) is 6.62. The molecule has 0 saturated carbocycles. The minimum atomic E-state index is -0.581. The predicted octanol–water partition coefficient (Wildman–Crippen LogP) is 2.99. The Kier molecular flexibility index (Phi) is 6.64. The van der Waals surface area contributed by atoms with E-state index in [-0.39, 0.29) is 18.4 Å². The quantitative estimate of drug-likeness (QED) is 0.841. The summed E-state index contributed by atoms with van der Waals surface area (Å²) in [5, 5.41) is 5.66. The Labute approximate surface area is 144 Å². The summed E-state index contributed by atoms with van der Waals surface area (Å²) in [7, 11) is 0. The normalized spacial score (nSPS) is 17.8. The van der Waals surface area contributed by atoms with Gasteiger partial charge in [-0.05, 0) is 43.2 Å². The van der Waals surface area contributed by atoms with Gasteiger partial charge in [0.05, 0.1) is 6.61 Å². The highest BCUT2D eigenvalue weighted by Gasteiger charge is 2.26. The first-order valence-corrected chi connectivity index (χ1v) is 8.81. The number of aryl methyl sites for hydroxylation is 1. The van der Waals surface area contributed by atoms with Gasteiger partial charge in [0.25, 0.3) is 0 Å². The summed E-state index contributed by atoms with van der Waals surface area (Å²) in [6, 6.07) is 7.86. The molecule has 132 valence electrons. The summed E-state index contributed by atoms with van der Waals surface area (Å²) < 4.78 is 4.88. The zero-order valence-electron chi connectivity index (χ0n) is 14.8. The first-order chi connectivity index (χ1) is 11.5. The number of hydrogen-bond acceptors (Lipinski definition) is 3. The van der Waals surface area contributed by atoms with E-state index in [1.54, 1.807) is 6.92 Å². The van der Waals surface area contributed by atoms with Crippen molar-refractivity contribution in [1.29, 1.82) is 0 Å². The minimum absolute atomic E-state index is 0.00644. The van der Waals surface area contributed by atoms with Crippen molar-refractivity contribution in [3.05, 3.63) is 35.4 Å². The summed E-state index contributed by atoms with van der Waals surface area (Å²) in [6.07, 6.45) is 2.79. The molecule has 2 rings (SSSR count). The van der Waals surface area contributed by atoms with E-state index in [1.165, 1.54) is 11.1 Å². The summed E-state index contributed by atoms with van der Waals surface area (Å²) in [4.78, 5) is 24.1. The fraction of sp³-hybridized carbons (Fsp3) is 0.579. The van der Waals surface area contributed by atoms with Crippen LogP contribution in [0.15, 0.2) is 24.3 Å². The van der Waals surface area contributed by atoms with Crippen LogP contribution in [0.25, 0.3) is 0 Å². The molecule has 0 aliphatic heterocycles. The topological polar surface area (TPSA) is 67.4 Å². The van der Waals surface area contributed by atoms with E-state index in [9.17, 15) is 9.59 Å². The van der Waals surface area contributed by atoms with Crippen LogP contribution in [-0.4, -0.2) is 31.2 Å². The molecule has 1 aromatic rings. The van der Waals surface area contributed by atoms with E-state index in [4.69, 9.17) is 4.74 Å². The number of benzene rings is 1. The molecule has 0 aromatic heterocycles. The van der Waals surface area contributed by atoms with Crippen molar-refractivity contribution in [3.8, 4) is 0 Å². The maximum atomic E-state index is 12.5. The molecule has 1 aromatic carbocycles. The lowest BCUT2D eigenvalue weighted by atomic mass is 9.83. The van der Waals surface area contributed by atoms with Gasteiger partial charge < -0.3 is 15.4 Å². The lowest BCUT2D eigenvalue weighted by Gasteiger charge is -2.27. The Morgan fingerprint density at radius 1 is 1.29 bits per heavy atom. The standard InChI is InChI=1S/C19H28N2O3/c1-4-24-19(23)21-17(13(2)3)18(22)20-12-15-10-7-9-14-8-5-6-11-16(14)15/h5-6,8,11,13,15,17H,4,7,9-10,12H2,1-3H3,(H,20,22)(H,21,23). The molecule has 2 atom stereocenters. The monoisotopic (exact) mass is 332 g/mol. The average Bonchev–Trinajstić information content (AvgIpc) is 2.57. The molecule has 5 nitrogen and oxygen atoms in total. The third kappa shape index (κ3) is 4.73.